The molecule has 0 aliphatic heterocycles. The predicted octanol–water partition coefficient (Wildman–Crippen LogP) is 3.05. The molecule has 2 aromatic heterocycles. The largest absolute Gasteiger partial charge is 0.358 e. The number of carbonyl (C=O) groups is 2. The molecule has 0 bridgehead atoms. The van der Waals surface area contributed by atoms with Crippen molar-refractivity contribution in [2.24, 2.45) is 0 Å². The molecule has 1 aromatic carbocycles. The summed E-state index contributed by atoms with van der Waals surface area (Å²) in [7, 11) is 0. The molecule has 0 saturated carbocycles. The fourth-order valence-corrected chi connectivity index (χ4v) is 2.40. The number of aromatic nitrogens is 3. The first-order valence-corrected chi connectivity index (χ1v) is 7.42. The highest BCUT2D eigenvalue weighted by atomic mass is 19.1. The summed E-state index contributed by atoms with van der Waals surface area (Å²) in [4.78, 5) is 34.9. The number of halogens is 2. The van der Waals surface area contributed by atoms with Crippen LogP contribution in [0.5, 0.6) is 0 Å². The van der Waals surface area contributed by atoms with E-state index in [1.807, 2.05) is 0 Å². The second kappa shape index (κ2) is 6.72. The Morgan fingerprint density at radius 1 is 1.16 bits per heavy atom. The normalized spacial score (nSPS) is 10.7. The number of aryl methyl sites for hydroxylation is 1. The molecule has 0 radical (unpaired) electrons. The molecular formula is C18H13F2N3O2. The van der Waals surface area contributed by atoms with E-state index >= 15 is 0 Å². The minimum absolute atomic E-state index is 0.0102. The van der Waals surface area contributed by atoms with Gasteiger partial charge in [0.2, 0.25) is 0 Å². The van der Waals surface area contributed by atoms with Gasteiger partial charge in [-0.15, -0.1) is 0 Å². The number of nitrogens with one attached hydrogen (secondary N) is 1. The molecule has 25 heavy (non-hydrogen) atoms. The maximum Gasteiger partial charge on any atom is 0.200 e. The van der Waals surface area contributed by atoms with Crippen LogP contribution < -0.4 is 0 Å². The number of carbonyl (C=O) groups excluding carboxylic acids is 2. The van der Waals surface area contributed by atoms with Gasteiger partial charge in [0.1, 0.15) is 18.0 Å². The second-order valence-corrected chi connectivity index (χ2v) is 5.53. The lowest BCUT2D eigenvalue weighted by atomic mass is 10.0. The first kappa shape index (κ1) is 16.6. The molecule has 3 aromatic rings. The number of ketones is 2. The van der Waals surface area contributed by atoms with Gasteiger partial charge in [-0.1, -0.05) is 6.07 Å². The van der Waals surface area contributed by atoms with Gasteiger partial charge in [0.05, 0.1) is 11.3 Å². The number of rotatable bonds is 5. The topological polar surface area (TPSA) is 75.7 Å². The second-order valence-electron chi connectivity index (χ2n) is 5.53. The molecular weight excluding hydrogens is 328 g/mol. The molecule has 0 atom stereocenters. The van der Waals surface area contributed by atoms with Gasteiger partial charge < -0.3 is 4.98 Å². The number of nitrogens with zero attached hydrogens (tertiary/aromatic N) is 2. The highest BCUT2D eigenvalue weighted by Crippen LogP contribution is 2.21. The maximum absolute atomic E-state index is 14.1. The van der Waals surface area contributed by atoms with Crippen molar-refractivity contribution in [1.82, 2.24) is 15.0 Å². The van der Waals surface area contributed by atoms with E-state index < -0.39 is 23.0 Å². The molecule has 0 aliphatic rings. The smallest absolute Gasteiger partial charge is 0.200 e. The van der Waals surface area contributed by atoms with E-state index in [-0.39, 0.29) is 29.0 Å². The van der Waals surface area contributed by atoms with Crippen LogP contribution >= 0.6 is 0 Å². The highest BCUT2D eigenvalue weighted by Gasteiger charge is 2.22. The van der Waals surface area contributed by atoms with Gasteiger partial charge in [0.15, 0.2) is 11.6 Å². The zero-order valence-electron chi connectivity index (χ0n) is 13.2. The molecule has 5 nitrogen and oxygen atoms in total. The van der Waals surface area contributed by atoms with Crippen LogP contribution in [0.4, 0.5) is 8.78 Å². The van der Waals surface area contributed by atoms with Crippen LogP contribution in [0, 0.1) is 18.6 Å². The van der Waals surface area contributed by atoms with Crippen LogP contribution in [0.1, 0.15) is 37.5 Å². The van der Waals surface area contributed by atoms with E-state index in [4.69, 9.17) is 0 Å². The van der Waals surface area contributed by atoms with Crippen molar-refractivity contribution >= 4 is 11.6 Å². The average molecular weight is 341 g/mol. The van der Waals surface area contributed by atoms with Crippen molar-refractivity contribution in [3.63, 3.8) is 0 Å². The van der Waals surface area contributed by atoms with Crippen molar-refractivity contribution in [1.29, 1.82) is 0 Å². The quantitative estimate of drug-likeness (QED) is 0.724. The minimum atomic E-state index is -0.941. The molecule has 0 saturated heterocycles. The molecule has 3 rings (SSSR count). The van der Waals surface area contributed by atoms with Crippen LogP contribution in [0.15, 0.2) is 43.1 Å². The minimum Gasteiger partial charge on any atom is -0.358 e. The number of H-pyrrole nitrogens is 1. The summed E-state index contributed by atoms with van der Waals surface area (Å²) >= 11 is 0. The fraction of sp³-hybridized carbons (Fsp3) is 0.111. The van der Waals surface area contributed by atoms with E-state index in [0.29, 0.717) is 5.56 Å². The molecule has 0 fully saturated rings. The van der Waals surface area contributed by atoms with Crippen LogP contribution in [-0.4, -0.2) is 26.5 Å². The first-order chi connectivity index (χ1) is 12.0. The summed E-state index contributed by atoms with van der Waals surface area (Å²) in [6, 6.07) is 3.59. The third-order valence-electron chi connectivity index (χ3n) is 3.74. The van der Waals surface area contributed by atoms with E-state index in [1.54, 1.807) is 0 Å². The van der Waals surface area contributed by atoms with E-state index in [9.17, 15) is 18.4 Å². The Kier molecular flexibility index (Phi) is 4.47. The van der Waals surface area contributed by atoms with Crippen LogP contribution in [0.3, 0.4) is 0 Å². The Balaban J connectivity index is 1.85. The molecule has 2 heterocycles. The van der Waals surface area contributed by atoms with E-state index in [2.05, 4.69) is 15.0 Å². The van der Waals surface area contributed by atoms with Gasteiger partial charge in [-0.05, 0) is 30.2 Å². The van der Waals surface area contributed by atoms with Crippen LogP contribution in [0.25, 0.3) is 0 Å². The Morgan fingerprint density at radius 3 is 2.60 bits per heavy atom. The van der Waals surface area contributed by atoms with Crippen molar-refractivity contribution < 1.29 is 18.4 Å². The van der Waals surface area contributed by atoms with Crippen molar-refractivity contribution in [3.05, 3.63) is 82.7 Å². The lowest BCUT2D eigenvalue weighted by Crippen LogP contribution is -2.08. The van der Waals surface area contributed by atoms with Gasteiger partial charge in [-0.3, -0.25) is 9.59 Å². The lowest BCUT2D eigenvalue weighted by molar-refractivity contribution is 0.0988. The summed E-state index contributed by atoms with van der Waals surface area (Å²) in [6.45, 7) is 1.44. The molecule has 0 aliphatic carbocycles. The number of hydrogen-bond donors (Lipinski definition) is 1. The lowest BCUT2D eigenvalue weighted by Gasteiger charge is -2.05. The van der Waals surface area contributed by atoms with Crippen molar-refractivity contribution in [3.8, 4) is 0 Å². The summed E-state index contributed by atoms with van der Waals surface area (Å²) in [5, 5.41) is 0. The Hall–Kier alpha value is -3.22. The number of Topliss-reactive ketones (excluding diaryl/α,β-unsaturated/α-hetero) is 1. The SMILES string of the molecule is Cc1ccc(F)c(C(=O)c2c[nH]c(C(=O)Cc3cncnc3)c2)c1F. The summed E-state index contributed by atoms with van der Waals surface area (Å²) in [5.41, 5.74) is 0.331. The van der Waals surface area contributed by atoms with Gasteiger partial charge in [-0.25, -0.2) is 18.7 Å². The van der Waals surface area contributed by atoms with E-state index in [0.717, 1.165) is 6.07 Å². The zero-order chi connectivity index (χ0) is 18.0. The first-order valence-electron chi connectivity index (χ1n) is 7.42. The Bertz CT molecular complexity index is 952. The third-order valence-corrected chi connectivity index (χ3v) is 3.74. The van der Waals surface area contributed by atoms with Crippen LogP contribution in [0.2, 0.25) is 0 Å². The summed E-state index contributed by atoms with van der Waals surface area (Å²) < 4.78 is 28.0. The highest BCUT2D eigenvalue weighted by molar-refractivity contribution is 6.10. The van der Waals surface area contributed by atoms with Gasteiger partial charge in [0, 0.05) is 30.6 Å². The van der Waals surface area contributed by atoms with E-state index in [1.165, 1.54) is 44.0 Å². The molecule has 7 heteroatoms. The molecule has 0 amide bonds. The fourth-order valence-electron chi connectivity index (χ4n) is 2.40. The Labute approximate surface area is 141 Å². The molecule has 0 spiro atoms. The number of aromatic amines is 1. The average Bonchev–Trinajstić information content (AvgIpc) is 3.09. The van der Waals surface area contributed by atoms with Gasteiger partial charge in [0.25, 0.3) is 0 Å². The molecule has 0 unspecified atom stereocenters. The number of benzene rings is 1. The molecule has 126 valence electrons. The van der Waals surface area contributed by atoms with Crippen molar-refractivity contribution in [2.75, 3.05) is 0 Å². The monoisotopic (exact) mass is 341 g/mol. The predicted molar refractivity (Wildman–Crippen MR) is 85.4 cm³/mol. The summed E-state index contributed by atoms with van der Waals surface area (Å²) in [5.74, 6) is -2.96. The van der Waals surface area contributed by atoms with Crippen LogP contribution in [-0.2, 0) is 6.42 Å². The number of hydrogen-bond acceptors (Lipinski definition) is 4. The summed E-state index contributed by atoms with van der Waals surface area (Å²) in [6.07, 6.45) is 5.68. The van der Waals surface area contributed by atoms with Gasteiger partial charge >= 0.3 is 0 Å². The zero-order valence-corrected chi connectivity index (χ0v) is 13.2. The third kappa shape index (κ3) is 3.35. The molecule has 1 N–H and O–H groups in total. The maximum atomic E-state index is 14.1. The Morgan fingerprint density at radius 2 is 1.88 bits per heavy atom. The standard InChI is InChI=1S/C18H13F2N3O2/c1-10-2-3-13(19)16(17(10)20)18(25)12-5-14(23-8-12)15(24)4-11-6-21-9-22-7-11/h2-3,5-9,23H,4H2,1H3. The van der Waals surface area contributed by atoms with Crippen molar-refractivity contribution in [2.45, 2.75) is 13.3 Å². The van der Waals surface area contributed by atoms with Gasteiger partial charge in [-0.2, -0.15) is 0 Å².